The van der Waals surface area contributed by atoms with Crippen molar-refractivity contribution in [3.05, 3.63) is 30.1 Å². The average molecular weight is 339 g/mol. The third-order valence-electron chi connectivity index (χ3n) is 3.02. The Hall–Kier alpha value is -2.81. The molecule has 4 N–H and O–H groups in total. The van der Waals surface area contributed by atoms with Crippen molar-refractivity contribution in [2.75, 3.05) is 31.6 Å². The lowest BCUT2D eigenvalue weighted by molar-refractivity contribution is 0.195. The number of halogens is 1. The molecule has 8 nitrogen and oxygen atoms in total. The summed E-state index contributed by atoms with van der Waals surface area (Å²) in [6, 6.07) is 5.30. The van der Waals surface area contributed by atoms with Crippen LogP contribution < -0.4 is 15.4 Å². The highest BCUT2D eigenvalue weighted by atomic mass is 19.1. The van der Waals surface area contributed by atoms with Gasteiger partial charge in [0.25, 0.3) is 6.01 Å². The topological polar surface area (TPSA) is 117 Å². The summed E-state index contributed by atoms with van der Waals surface area (Å²) in [5.74, 6) is 0.440. The number of benzene rings is 1. The molecule has 0 atom stereocenters. The number of carbonyl (C=O) groups is 1. The Kier molecular flexibility index (Phi) is 6.38. The number of amides is 1. The maximum Gasteiger partial charge on any atom is 0.404 e. The molecule has 0 aliphatic heterocycles. The second kappa shape index (κ2) is 8.73. The predicted molar refractivity (Wildman–Crippen MR) is 84.9 cm³/mol. The molecule has 9 heteroatoms. The van der Waals surface area contributed by atoms with E-state index in [1.165, 1.54) is 0 Å². The first-order chi connectivity index (χ1) is 11.6. The van der Waals surface area contributed by atoms with Gasteiger partial charge in [0.05, 0.1) is 6.33 Å². The molecule has 1 aromatic heterocycles. The molecule has 0 fully saturated rings. The van der Waals surface area contributed by atoms with E-state index in [0.29, 0.717) is 42.2 Å². The molecule has 0 bridgehead atoms. The zero-order valence-electron chi connectivity index (χ0n) is 12.8. The number of nitrogens with one attached hydrogen (secondary N) is 2. The van der Waals surface area contributed by atoms with Crippen molar-refractivity contribution in [1.82, 2.24) is 10.3 Å². The van der Waals surface area contributed by atoms with Gasteiger partial charge in [-0.15, -0.1) is 0 Å². The molecule has 1 amide bonds. The summed E-state index contributed by atoms with van der Waals surface area (Å²) >= 11 is 0. The third kappa shape index (κ3) is 5.13. The first kappa shape index (κ1) is 17.5. The maximum atomic E-state index is 12.7. The van der Waals surface area contributed by atoms with Gasteiger partial charge in [-0.05, 0) is 18.6 Å². The van der Waals surface area contributed by atoms with Gasteiger partial charge in [-0.1, -0.05) is 0 Å². The monoisotopic (exact) mass is 339 g/mol. The molecule has 2 rings (SSSR count). The van der Waals surface area contributed by atoms with Gasteiger partial charge in [-0.3, -0.25) is 0 Å². The van der Waals surface area contributed by atoms with Crippen LogP contribution in [0.25, 0.3) is 11.1 Å². The molecule has 0 saturated heterocycles. The summed E-state index contributed by atoms with van der Waals surface area (Å²) in [6.07, 6.45) is -0.347. The van der Waals surface area contributed by atoms with Crippen molar-refractivity contribution >= 4 is 23.2 Å². The Labute approximate surface area is 136 Å². The number of carboxylic acid groups (broad SMARTS) is 1. The lowest BCUT2D eigenvalue weighted by Gasteiger charge is -2.08. The van der Waals surface area contributed by atoms with E-state index in [2.05, 4.69) is 15.6 Å². The first-order valence-corrected chi connectivity index (χ1v) is 7.25. The summed E-state index contributed by atoms with van der Waals surface area (Å²) in [6.45, 7) is 0.355. The van der Waals surface area contributed by atoms with Gasteiger partial charge >= 0.3 is 6.09 Å². The number of nitrogens with zero attached hydrogens (tertiary/aromatic N) is 1. The minimum atomic E-state index is -1.24. The van der Waals surface area contributed by atoms with Crippen LogP contribution in [-0.4, -0.2) is 47.6 Å². The van der Waals surface area contributed by atoms with E-state index in [4.69, 9.17) is 19.4 Å². The fraction of sp³-hybridized carbons (Fsp3) is 0.333. The molecule has 0 aliphatic rings. The van der Waals surface area contributed by atoms with Gasteiger partial charge in [-0.25, -0.2) is 9.18 Å². The van der Waals surface area contributed by atoms with Crippen molar-refractivity contribution < 1.29 is 28.6 Å². The van der Waals surface area contributed by atoms with E-state index in [-0.39, 0.29) is 25.3 Å². The van der Waals surface area contributed by atoms with Crippen LogP contribution in [0.1, 0.15) is 6.42 Å². The van der Waals surface area contributed by atoms with Crippen LogP contribution >= 0.6 is 0 Å². The minimum Gasteiger partial charge on any atom is -0.489 e. The van der Waals surface area contributed by atoms with E-state index in [1.54, 1.807) is 18.2 Å². The molecule has 0 unspecified atom stereocenters. The second-order valence-corrected chi connectivity index (χ2v) is 4.87. The van der Waals surface area contributed by atoms with Crippen molar-refractivity contribution in [1.29, 1.82) is 0 Å². The van der Waals surface area contributed by atoms with E-state index in [0.717, 1.165) is 0 Å². The standard InChI is InChI=1S/C15H18FN3O5/c16-7-10(8-18-15(21)22)9-23-11-2-3-12-13(6-11)24-14(19-12)17-4-1-5-20/h2-3,6-7,18,20H,1,4-5,8-9H2,(H,17,19)(H,21,22). The van der Waals surface area contributed by atoms with Gasteiger partial charge in [-0.2, -0.15) is 4.98 Å². The fourth-order valence-corrected chi connectivity index (χ4v) is 1.83. The van der Waals surface area contributed by atoms with Crippen molar-refractivity contribution in [2.24, 2.45) is 0 Å². The number of ether oxygens (including phenoxy) is 1. The van der Waals surface area contributed by atoms with Crippen molar-refractivity contribution in [3.63, 3.8) is 0 Å². The lowest BCUT2D eigenvalue weighted by Crippen LogP contribution is -2.25. The van der Waals surface area contributed by atoms with Gasteiger partial charge in [0.1, 0.15) is 17.9 Å². The fourth-order valence-electron chi connectivity index (χ4n) is 1.83. The van der Waals surface area contributed by atoms with Gasteiger partial charge in [0.15, 0.2) is 5.58 Å². The second-order valence-electron chi connectivity index (χ2n) is 4.87. The molecule has 0 radical (unpaired) electrons. The van der Waals surface area contributed by atoms with Gasteiger partial charge in [0, 0.05) is 31.3 Å². The molecule has 130 valence electrons. The number of oxazole rings is 1. The smallest absolute Gasteiger partial charge is 0.404 e. The number of rotatable bonds is 9. The first-order valence-electron chi connectivity index (χ1n) is 7.25. The van der Waals surface area contributed by atoms with Crippen LogP contribution in [0.5, 0.6) is 5.75 Å². The van der Waals surface area contributed by atoms with E-state index in [1.807, 2.05) is 0 Å². The summed E-state index contributed by atoms with van der Waals surface area (Å²) < 4.78 is 23.6. The van der Waals surface area contributed by atoms with Gasteiger partial charge < -0.3 is 30.0 Å². The number of anilines is 1. The van der Waals surface area contributed by atoms with Gasteiger partial charge in [0.2, 0.25) is 0 Å². The summed E-state index contributed by atoms with van der Waals surface area (Å²) in [5.41, 5.74) is 1.28. The number of aromatic nitrogens is 1. The quantitative estimate of drug-likeness (QED) is 0.517. The van der Waals surface area contributed by atoms with Crippen molar-refractivity contribution in [3.8, 4) is 5.75 Å². The van der Waals surface area contributed by atoms with Crippen LogP contribution in [0.3, 0.4) is 0 Å². The summed E-state index contributed by atoms with van der Waals surface area (Å²) in [4.78, 5) is 14.6. The number of hydrogen-bond acceptors (Lipinski definition) is 6. The Balaban J connectivity index is 1.95. The van der Waals surface area contributed by atoms with Crippen LogP contribution in [0, 0.1) is 0 Å². The van der Waals surface area contributed by atoms with Crippen LogP contribution in [0.4, 0.5) is 15.2 Å². The highest BCUT2D eigenvalue weighted by molar-refractivity contribution is 5.76. The van der Waals surface area contributed by atoms with E-state index >= 15 is 0 Å². The molecule has 0 aliphatic carbocycles. The third-order valence-corrected chi connectivity index (χ3v) is 3.02. The molecule has 24 heavy (non-hydrogen) atoms. The Morgan fingerprint density at radius 3 is 3.00 bits per heavy atom. The average Bonchev–Trinajstić information content (AvgIpc) is 2.97. The Bertz CT molecular complexity index is 716. The van der Waals surface area contributed by atoms with Crippen LogP contribution in [-0.2, 0) is 0 Å². The molecule has 1 aromatic carbocycles. The Morgan fingerprint density at radius 1 is 1.46 bits per heavy atom. The molecule has 2 aromatic rings. The largest absolute Gasteiger partial charge is 0.489 e. The molecular weight excluding hydrogens is 321 g/mol. The number of aliphatic hydroxyl groups excluding tert-OH is 1. The summed E-state index contributed by atoms with van der Waals surface area (Å²) in [5, 5.41) is 22.2. The van der Waals surface area contributed by atoms with E-state index < -0.39 is 6.09 Å². The number of aliphatic hydroxyl groups is 1. The highest BCUT2D eigenvalue weighted by Gasteiger charge is 2.08. The zero-order chi connectivity index (χ0) is 17.4. The minimum absolute atomic E-state index is 0.0758. The molecule has 1 heterocycles. The SMILES string of the molecule is O=C(O)NCC(=CF)COc1ccc2nc(NCCCO)oc2c1. The maximum absolute atomic E-state index is 12.7. The summed E-state index contributed by atoms with van der Waals surface area (Å²) in [7, 11) is 0. The zero-order valence-corrected chi connectivity index (χ0v) is 12.8. The predicted octanol–water partition coefficient (Wildman–Crippen LogP) is 2.12. The van der Waals surface area contributed by atoms with Crippen molar-refractivity contribution in [2.45, 2.75) is 6.42 Å². The number of hydrogen-bond donors (Lipinski definition) is 4. The molecule has 0 saturated carbocycles. The highest BCUT2D eigenvalue weighted by Crippen LogP contribution is 2.24. The molecular formula is C15H18FN3O5. The normalized spacial score (nSPS) is 11.5. The lowest BCUT2D eigenvalue weighted by atomic mass is 10.3. The van der Waals surface area contributed by atoms with Crippen LogP contribution in [0.2, 0.25) is 0 Å². The Morgan fingerprint density at radius 2 is 2.29 bits per heavy atom. The van der Waals surface area contributed by atoms with Crippen LogP contribution in [0.15, 0.2) is 34.5 Å². The number of fused-ring (bicyclic) bond motifs is 1. The molecule has 0 spiro atoms. The van der Waals surface area contributed by atoms with E-state index in [9.17, 15) is 9.18 Å².